The van der Waals surface area contributed by atoms with Gasteiger partial charge in [-0.25, -0.2) is 4.39 Å². The van der Waals surface area contributed by atoms with Crippen LogP contribution in [0.25, 0.3) is 5.57 Å². The van der Waals surface area contributed by atoms with Gasteiger partial charge in [0.05, 0.1) is 12.3 Å². The highest BCUT2D eigenvalue weighted by Crippen LogP contribution is 2.27. The van der Waals surface area contributed by atoms with E-state index < -0.39 is 5.82 Å². The molecule has 5 heteroatoms. The Morgan fingerprint density at radius 1 is 1.24 bits per heavy atom. The van der Waals surface area contributed by atoms with E-state index in [1.807, 2.05) is 37.3 Å². The molecule has 4 nitrogen and oxygen atoms in total. The molecule has 1 aliphatic rings. The number of allylic oxidation sites excluding steroid dienone is 1. The minimum Gasteiger partial charge on any atom is -0.507 e. The van der Waals surface area contributed by atoms with Crippen molar-refractivity contribution in [1.29, 1.82) is 0 Å². The molecule has 0 atom stereocenters. The van der Waals surface area contributed by atoms with Crippen LogP contribution in [0.2, 0.25) is 0 Å². The van der Waals surface area contributed by atoms with E-state index in [0.29, 0.717) is 24.2 Å². The van der Waals surface area contributed by atoms with Crippen molar-refractivity contribution in [1.82, 2.24) is 0 Å². The monoisotopic (exact) mass is 338 g/mol. The zero-order chi connectivity index (χ0) is 17.8. The molecule has 0 unspecified atom stereocenters. The summed E-state index contributed by atoms with van der Waals surface area (Å²) in [7, 11) is 0. The fourth-order valence-corrected chi connectivity index (χ4v) is 2.70. The molecule has 1 amide bonds. The van der Waals surface area contributed by atoms with Gasteiger partial charge in [0.1, 0.15) is 11.6 Å². The number of anilines is 1. The second kappa shape index (κ2) is 7.30. The highest BCUT2D eigenvalue weighted by Gasteiger charge is 2.15. The molecule has 128 valence electrons. The Kier molecular flexibility index (Phi) is 4.93. The molecule has 1 aliphatic heterocycles. The van der Waals surface area contributed by atoms with Crippen LogP contribution in [0.1, 0.15) is 30.9 Å². The number of hydrogen-bond donors (Lipinski definition) is 2. The Morgan fingerprint density at radius 2 is 2.00 bits per heavy atom. The molecule has 2 aromatic carbocycles. The number of phenols is 1. The molecule has 0 saturated carbocycles. The first-order valence-corrected chi connectivity index (χ1v) is 8.21. The van der Waals surface area contributed by atoms with E-state index in [2.05, 4.69) is 10.3 Å². The van der Waals surface area contributed by atoms with Gasteiger partial charge in [0.25, 0.3) is 0 Å². The first-order valence-electron chi connectivity index (χ1n) is 8.21. The summed E-state index contributed by atoms with van der Waals surface area (Å²) >= 11 is 0. The van der Waals surface area contributed by atoms with Crippen LogP contribution in [-0.2, 0) is 4.79 Å². The number of phenolic OH excluding ortho intramolecular Hbond substituents is 1. The Morgan fingerprint density at radius 3 is 2.72 bits per heavy atom. The minimum atomic E-state index is -0.412. The maximum atomic E-state index is 13.4. The van der Waals surface area contributed by atoms with Crippen LogP contribution in [0.3, 0.4) is 0 Å². The maximum Gasteiger partial charge on any atom is 0.224 e. The molecular weight excluding hydrogens is 319 g/mol. The number of amides is 1. The molecule has 0 aliphatic carbocycles. The fourth-order valence-electron chi connectivity index (χ4n) is 2.70. The van der Waals surface area contributed by atoms with Crippen LogP contribution in [0.4, 0.5) is 10.1 Å². The average Bonchev–Trinajstić information content (AvgIpc) is 3.08. The van der Waals surface area contributed by atoms with Gasteiger partial charge in [-0.1, -0.05) is 19.1 Å². The van der Waals surface area contributed by atoms with E-state index in [-0.39, 0.29) is 11.7 Å². The van der Waals surface area contributed by atoms with Crippen molar-refractivity contribution in [2.75, 3.05) is 11.9 Å². The van der Waals surface area contributed by atoms with Crippen LogP contribution in [0.15, 0.2) is 53.5 Å². The molecule has 2 aromatic rings. The summed E-state index contributed by atoms with van der Waals surface area (Å²) in [5.41, 5.74) is 3.66. The quantitative estimate of drug-likeness (QED) is 0.860. The number of hydrogen-bond acceptors (Lipinski definition) is 3. The number of halogens is 1. The van der Waals surface area contributed by atoms with Gasteiger partial charge in [-0.05, 0) is 54.0 Å². The van der Waals surface area contributed by atoms with Crippen LogP contribution in [-0.4, -0.2) is 23.3 Å². The van der Waals surface area contributed by atoms with E-state index in [4.69, 9.17) is 0 Å². The standard InChI is InChI=1S/C20H19FN2O2/c1-2-3-20(25)23-16-7-4-13(5-8-16)14-10-18(22-12-14)17-11-15(21)6-9-19(17)24/h4-11,24H,2-3,12H2,1H3,(H,23,25). The zero-order valence-electron chi connectivity index (χ0n) is 13.9. The molecule has 0 fully saturated rings. The van der Waals surface area contributed by atoms with Gasteiger partial charge in [0, 0.05) is 17.7 Å². The summed E-state index contributed by atoms with van der Waals surface area (Å²) in [6.45, 7) is 2.43. The summed E-state index contributed by atoms with van der Waals surface area (Å²) in [4.78, 5) is 16.0. The number of benzene rings is 2. The van der Waals surface area contributed by atoms with Gasteiger partial charge >= 0.3 is 0 Å². The van der Waals surface area contributed by atoms with Crippen molar-refractivity contribution >= 4 is 22.9 Å². The van der Waals surface area contributed by atoms with Gasteiger partial charge in [-0.15, -0.1) is 0 Å². The van der Waals surface area contributed by atoms with Crippen molar-refractivity contribution in [2.45, 2.75) is 19.8 Å². The summed E-state index contributed by atoms with van der Waals surface area (Å²) in [6.07, 6.45) is 3.16. The predicted octanol–water partition coefficient (Wildman–Crippen LogP) is 4.16. The van der Waals surface area contributed by atoms with E-state index in [9.17, 15) is 14.3 Å². The maximum absolute atomic E-state index is 13.4. The lowest BCUT2D eigenvalue weighted by molar-refractivity contribution is -0.116. The fraction of sp³-hybridized carbons (Fsp3) is 0.200. The Hall–Kier alpha value is -2.95. The van der Waals surface area contributed by atoms with Crippen LogP contribution in [0.5, 0.6) is 5.75 Å². The average molecular weight is 338 g/mol. The lowest BCUT2D eigenvalue weighted by Gasteiger charge is -2.06. The lowest BCUT2D eigenvalue weighted by atomic mass is 10.0. The number of carbonyl (C=O) groups excluding carboxylic acids is 1. The number of aromatic hydroxyl groups is 1. The van der Waals surface area contributed by atoms with E-state index in [0.717, 1.165) is 23.2 Å². The zero-order valence-corrected chi connectivity index (χ0v) is 13.9. The molecule has 1 heterocycles. The van der Waals surface area contributed by atoms with Gasteiger partial charge in [-0.2, -0.15) is 0 Å². The molecule has 0 radical (unpaired) electrons. The number of nitrogens with zero attached hydrogens (tertiary/aromatic N) is 1. The summed E-state index contributed by atoms with van der Waals surface area (Å²) in [5, 5.41) is 12.7. The number of rotatable bonds is 5. The third kappa shape index (κ3) is 3.94. The molecule has 0 saturated heterocycles. The highest BCUT2D eigenvalue weighted by atomic mass is 19.1. The summed E-state index contributed by atoms with van der Waals surface area (Å²) in [6, 6.07) is 11.3. The molecule has 0 spiro atoms. The summed E-state index contributed by atoms with van der Waals surface area (Å²) in [5.74, 6) is -0.404. The van der Waals surface area contributed by atoms with Crippen molar-refractivity contribution in [3.63, 3.8) is 0 Å². The minimum absolute atomic E-state index is 0.00234. The molecule has 0 bridgehead atoms. The van der Waals surface area contributed by atoms with E-state index in [1.54, 1.807) is 0 Å². The van der Waals surface area contributed by atoms with Crippen molar-refractivity contribution in [3.8, 4) is 5.75 Å². The van der Waals surface area contributed by atoms with Gasteiger partial charge < -0.3 is 10.4 Å². The van der Waals surface area contributed by atoms with Gasteiger partial charge in [0.15, 0.2) is 0 Å². The first-order chi connectivity index (χ1) is 12.1. The number of nitrogens with one attached hydrogen (secondary N) is 1. The van der Waals surface area contributed by atoms with Gasteiger partial charge in [0.2, 0.25) is 5.91 Å². The van der Waals surface area contributed by atoms with Gasteiger partial charge in [-0.3, -0.25) is 9.79 Å². The van der Waals surface area contributed by atoms with Crippen molar-refractivity contribution in [3.05, 3.63) is 65.5 Å². The third-order valence-corrected chi connectivity index (χ3v) is 3.98. The van der Waals surface area contributed by atoms with Crippen LogP contribution < -0.4 is 5.32 Å². The third-order valence-electron chi connectivity index (χ3n) is 3.98. The van der Waals surface area contributed by atoms with Crippen molar-refractivity contribution < 1.29 is 14.3 Å². The second-order valence-electron chi connectivity index (χ2n) is 5.91. The topological polar surface area (TPSA) is 61.7 Å². The van der Waals surface area contributed by atoms with Crippen LogP contribution in [0, 0.1) is 5.82 Å². The van der Waals surface area contributed by atoms with Crippen molar-refractivity contribution in [2.24, 2.45) is 4.99 Å². The number of carbonyl (C=O) groups is 1. The largest absolute Gasteiger partial charge is 0.507 e. The second-order valence-corrected chi connectivity index (χ2v) is 5.91. The van der Waals surface area contributed by atoms with Crippen LogP contribution >= 0.6 is 0 Å². The lowest BCUT2D eigenvalue weighted by Crippen LogP contribution is -2.10. The number of aliphatic imine (C=N–C) groups is 1. The summed E-state index contributed by atoms with van der Waals surface area (Å²) < 4.78 is 13.4. The smallest absolute Gasteiger partial charge is 0.224 e. The Balaban J connectivity index is 1.75. The van der Waals surface area contributed by atoms with E-state index >= 15 is 0 Å². The van der Waals surface area contributed by atoms with E-state index in [1.165, 1.54) is 18.2 Å². The molecule has 25 heavy (non-hydrogen) atoms. The Bertz CT molecular complexity index is 854. The Labute approximate surface area is 145 Å². The molecule has 0 aromatic heterocycles. The normalized spacial score (nSPS) is 13.4. The molecule has 3 rings (SSSR count). The SMILES string of the molecule is CCCC(=O)Nc1ccc(C2=CC(c3cc(F)ccc3O)=NC2)cc1. The first kappa shape index (κ1) is 16.9. The molecular formula is C20H19FN2O2. The predicted molar refractivity (Wildman–Crippen MR) is 97.4 cm³/mol. The highest BCUT2D eigenvalue weighted by molar-refractivity contribution is 6.16. The molecule has 2 N–H and O–H groups in total.